The van der Waals surface area contributed by atoms with Crippen molar-refractivity contribution in [3.05, 3.63) is 56.5 Å². The van der Waals surface area contributed by atoms with Crippen LogP contribution in [-0.2, 0) is 6.54 Å². The van der Waals surface area contributed by atoms with Crippen LogP contribution in [0.15, 0.2) is 28.8 Å². The lowest BCUT2D eigenvalue weighted by atomic mass is 10.2. The molecule has 0 aliphatic carbocycles. The molecule has 0 radical (unpaired) electrons. The van der Waals surface area contributed by atoms with Gasteiger partial charge in [0.25, 0.3) is 5.91 Å². The third-order valence-electron chi connectivity index (χ3n) is 4.37. The Morgan fingerprint density at radius 1 is 1.16 bits per heavy atom. The van der Waals surface area contributed by atoms with E-state index in [4.69, 9.17) is 9.26 Å². The number of aryl methyl sites for hydroxylation is 1. The Bertz CT molecular complexity index is 1080. The van der Waals surface area contributed by atoms with Crippen molar-refractivity contribution in [2.24, 2.45) is 0 Å². The summed E-state index contributed by atoms with van der Waals surface area (Å²) in [6, 6.07) is 6.98. The largest absolute Gasteiger partial charge is 0.493 e. The number of nitrogens with zero attached hydrogens (tertiary/aromatic N) is 4. The van der Waals surface area contributed by atoms with E-state index in [1.165, 1.54) is 0 Å². The maximum atomic E-state index is 12.3. The normalized spacial score (nSPS) is 10.7. The van der Waals surface area contributed by atoms with Crippen molar-refractivity contribution in [1.82, 2.24) is 30.6 Å². The lowest BCUT2D eigenvalue weighted by Gasteiger charge is -2.10. The molecule has 2 heterocycles. The van der Waals surface area contributed by atoms with Gasteiger partial charge in [0.2, 0.25) is 0 Å². The van der Waals surface area contributed by atoms with Crippen LogP contribution >= 0.6 is 22.6 Å². The van der Waals surface area contributed by atoms with Crippen LogP contribution in [0.25, 0.3) is 0 Å². The number of amides is 2. The van der Waals surface area contributed by atoms with Gasteiger partial charge in [0.15, 0.2) is 5.82 Å². The fraction of sp³-hybridized carbons (Fsp3) is 0.350. The Hall–Kier alpha value is -2.96. The monoisotopic (exact) mass is 538 g/mol. The summed E-state index contributed by atoms with van der Waals surface area (Å²) in [5.41, 5.74) is 2.36. The van der Waals surface area contributed by atoms with Crippen molar-refractivity contribution >= 4 is 34.4 Å². The fourth-order valence-corrected chi connectivity index (χ4v) is 3.22. The molecule has 2 N–H and O–H groups in total. The van der Waals surface area contributed by atoms with Crippen molar-refractivity contribution in [2.45, 2.75) is 27.3 Å². The van der Waals surface area contributed by atoms with Crippen LogP contribution in [0.5, 0.6) is 5.75 Å². The zero-order valence-electron chi connectivity index (χ0n) is 17.4. The van der Waals surface area contributed by atoms with Crippen LogP contribution in [0.2, 0.25) is 0 Å². The minimum Gasteiger partial charge on any atom is -0.493 e. The van der Waals surface area contributed by atoms with Crippen molar-refractivity contribution in [1.29, 1.82) is 0 Å². The summed E-state index contributed by atoms with van der Waals surface area (Å²) in [6.07, 6.45) is 0. The first-order valence-electron chi connectivity index (χ1n) is 9.71. The Labute approximate surface area is 192 Å². The highest BCUT2D eigenvalue weighted by Gasteiger charge is 2.17. The van der Waals surface area contributed by atoms with Gasteiger partial charge >= 0.3 is 11.8 Å². The third kappa shape index (κ3) is 5.60. The third-order valence-corrected chi connectivity index (χ3v) is 5.94. The molecule has 0 saturated carbocycles. The van der Waals surface area contributed by atoms with Gasteiger partial charge in [-0.1, -0.05) is 17.3 Å². The number of ether oxygens (including phenoxy) is 1. The Morgan fingerprint density at radius 3 is 2.55 bits per heavy atom. The number of aromatic nitrogens is 4. The van der Waals surface area contributed by atoms with Crippen LogP contribution < -0.4 is 15.4 Å². The molecule has 0 bridgehead atoms. The standard InChI is InChI=1S/C20H23IN6O4/c1-4-30-15-8-6-5-7-14(15)18(28)22-9-10-23-19(29)20-24-16(26-31-20)11-27-13(3)17(21)12(2)25-27/h5-8H,4,9-11H2,1-3H3,(H,22,28)(H,23,29). The van der Waals surface area contributed by atoms with Gasteiger partial charge in [0, 0.05) is 18.8 Å². The van der Waals surface area contributed by atoms with E-state index in [9.17, 15) is 9.59 Å². The zero-order valence-corrected chi connectivity index (χ0v) is 19.6. The summed E-state index contributed by atoms with van der Waals surface area (Å²) >= 11 is 2.23. The minimum atomic E-state index is -0.509. The number of rotatable bonds is 9. The van der Waals surface area contributed by atoms with E-state index in [1.807, 2.05) is 20.8 Å². The van der Waals surface area contributed by atoms with Crippen LogP contribution in [0.4, 0.5) is 0 Å². The highest BCUT2D eigenvalue weighted by molar-refractivity contribution is 14.1. The molecule has 10 nitrogen and oxygen atoms in total. The van der Waals surface area contributed by atoms with Crippen LogP contribution in [0.1, 0.15) is 45.2 Å². The highest BCUT2D eigenvalue weighted by Crippen LogP contribution is 2.17. The van der Waals surface area contributed by atoms with E-state index < -0.39 is 5.91 Å². The maximum absolute atomic E-state index is 12.3. The van der Waals surface area contributed by atoms with E-state index >= 15 is 0 Å². The number of benzene rings is 1. The fourth-order valence-electron chi connectivity index (χ4n) is 2.83. The quantitative estimate of drug-likeness (QED) is 0.316. The number of halogens is 1. The van der Waals surface area contributed by atoms with E-state index in [1.54, 1.807) is 28.9 Å². The van der Waals surface area contributed by atoms with Crippen LogP contribution in [0, 0.1) is 17.4 Å². The molecule has 1 aromatic carbocycles. The average Bonchev–Trinajstić information content (AvgIpc) is 3.32. The first-order valence-corrected chi connectivity index (χ1v) is 10.8. The van der Waals surface area contributed by atoms with Gasteiger partial charge in [0.1, 0.15) is 12.3 Å². The Morgan fingerprint density at radius 2 is 1.87 bits per heavy atom. The lowest BCUT2D eigenvalue weighted by molar-refractivity contribution is 0.0897. The molecule has 11 heteroatoms. The number of hydrogen-bond acceptors (Lipinski definition) is 7. The summed E-state index contributed by atoms with van der Waals surface area (Å²) in [5, 5.41) is 13.6. The maximum Gasteiger partial charge on any atom is 0.316 e. The minimum absolute atomic E-state index is 0.140. The van der Waals surface area contributed by atoms with Crippen LogP contribution in [-0.4, -0.2) is 51.4 Å². The van der Waals surface area contributed by atoms with Gasteiger partial charge < -0.3 is 19.9 Å². The second kappa shape index (κ2) is 10.4. The van der Waals surface area contributed by atoms with Gasteiger partial charge in [-0.2, -0.15) is 10.1 Å². The summed E-state index contributed by atoms with van der Waals surface area (Å²) in [4.78, 5) is 28.7. The van der Waals surface area contributed by atoms with Gasteiger partial charge in [-0.25, -0.2) is 0 Å². The molecule has 0 atom stereocenters. The van der Waals surface area contributed by atoms with Gasteiger partial charge in [-0.3, -0.25) is 14.3 Å². The Kier molecular flexibility index (Phi) is 7.60. The SMILES string of the molecule is CCOc1ccccc1C(=O)NCCNC(=O)c1nc(Cn2nc(C)c(I)c2C)no1. The number of nitrogens with one attached hydrogen (secondary N) is 2. The smallest absolute Gasteiger partial charge is 0.316 e. The van der Waals surface area contributed by atoms with E-state index in [2.05, 4.69) is 48.5 Å². The second-order valence-electron chi connectivity index (χ2n) is 6.60. The lowest BCUT2D eigenvalue weighted by Crippen LogP contribution is -2.35. The predicted octanol–water partition coefficient (Wildman–Crippen LogP) is 2.09. The average molecular weight is 538 g/mol. The van der Waals surface area contributed by atoms with E-state index in [-0.39, 0.29) is 24.9 Å². The summed E-state index contributed by atoms with van der Waals surface area (Å²) < 4.78 is 13.3. The molecule has 164 valence electrons. The molecule has 3 rings (SSSR count). The second-order valence-corrected chi connectivity index (χ2v) is 7.68. The van der Waals surface area contributed by atoms with E-state index in [0.29, 0.717) is 30.3 Å². The molecule has 0 fully saturated rings. The molecule has 2 aromatic heterocycles. The number of carbonyl (C=O) groups excluding carboxylic acids is 2. The Balaban J connectivity index is 1.48. The molecule has 0 aliphatic rings. The molecule has 0 aliphatic heterocycles. The topological polar surface area (TPSA) is 124 Å². The summed E-state index contributed by atoms with van der Waals surface area (Å²) in [7, 11) is 0. The molecular weight excluding hydrogens is 515 g/mol. The molecule has 31 heavy (non-hydrogen) atoms. The molecule has 2 amide bonds. The highest BCUT2D eigenvalue weighted by atomic mass is 127. The first-order chi connectivity index (χ1) is 14.9. The van der Waals surface area contributed by atoms with Crippen molar-refractivity contribution in [3.63, 3.8) is 0 Å². The van der Waals surface area contributed by atoms with Crippen molar-refractivity contribution in [2.75, 3.05) is 19.7 Å². The van der Waals surface area contributed by atoms with Crippen molar-refractivity contribution < 1.29 is 18.8 Å². The summed E-state index contributed by atoms with van der Waals surface area (Å²) in [5.74, 6) is -0.0574. The number of carbonyl (C=O) groups is 2. The molecule has 3 aromatic rings. The predicted molar refractivity (Wildman–Crippen MR) is 120 cm³/mol. The number of hydrogen-bond donors (Lipinski definition) is 2. The van der Waals surface area contributed by atoms with E-state index in [0.717, 1.165) is 15.0 Å². The van der Waals surface area contributed by atoms with Crippen LogP contribution in [0.3, 0.4) is 0 Å². The molecular formula is C20H23IN6O4. The molecule has 0 saturated heterocycles. The van der Waals surface area contributed by atoms with Gasteiger partial charge in [-0.05, 0) is 55.5 Å². The zero-order chi connectivity index (χ0) is 22.4. The van der Waals surface area contributed by atoms with Gasteiger partial charge in [-0.15, -0.1) is 0 Å². The molecule has 0 spiro atoms. The first kappa shape index (κ1) is 22.7. The van der Waals surface area contributed by atoms with Crippen molar-refractivity contribution in [3.8, 4) is 5.75 Å². The molecule has 0 unspecified atom stereocenters. The number of para-hydroxylation sites is 1. The summed E-state index contributed by atoms with van der Waals surface area (Å²) in [6.45, 7) is 6.94. The van der Waals surface area contributed by atoms with Gasteiger partial charge in [0.05, 0.1) is 21.4 Å².